The fourth-order valence-corrected chi connectivity index (χ4v) is 4.32. The van der Waals surface area contributed by atoms with Gasteiger partial charge in [0, 0.05) is 12.6 Å². The number of piperidine rings is 1. The lowest BCUT2D eigenvalue weighted by Crippen LogP contribution is -2.47. The van der Waals surface area contributed by atoms with Crippen molar-refractivity contribution < 1.29 is 23.9 Å². The Hall–Kier alpha value is -2.99. The van der Waals surface area contributed by atoms with Crippen LogP contribution >= 0.6 is 11.8 Å². The first-order valence-corrected chi connectivity index (χ1v) is 10.5. The smallest absolute Gasteiger partial charge is 0.294 e. The number of methoxy groups -OCH3 is 1. The van der Waals surface area contributed by atoms with E-state index >= 15 is 0 Å². The van der Waals surface area contributed by atoms with Crippen LogP contribution in [-0.4, -0.2) is 59.7 Å². The van der Waals surface area contributed by atoms with E-state index in [-0.39, 0.29) is 30.0 Å². The Morgan fingerprint density at radius 1 is 1.33 bits per heavy atom. The molecular formula is C21H23N3O5S. The van der Waals surface area contributed by atoms with E-state index in [1.807, 2.05) is 13.0 Å². The second-order valence-corrected chi connectivity index (χ2v) is 8.05. The molecule has 1 aromatic rings. The van der Waals surface area contributed by atoms with Crippen molar-refractivity contribution in [3.05, 3.63) is 28.7 Å². The topological polar surface area (TPSA) is 99.9 Å². The molecule has 0 aliphatic carbocycles. The summed E-state index contributed by atoms with van der Waals surface area (Å²) < 4.78 is 10.5. The molecule has 0 spiro atoms. The van der Waals surface area contributed by atoms with Gasteiger partial charge in [0.05, 0.1) is 12.0 Å². The number of rotatable bonds is 6. The Labute approximate surface area is 179 Å². The van der Waals surface area contributed by atoms with Crippen LogP contribution in [0.1, 0.15) is 31.7 Å². The highest BCUT2D eigenvalue weighted by Gasteiger charge is 2.37. The molecule has 158 valence electrons. The van der Waals surface area contributed by atoms with Crippen LogP contribution < -0.4 is 9.47 Å². The van der Waals surface area contributed by atoms with Crippen LogP contribution in [0.3, 0.4) is 0 Å². The van der Waals surface area contributed by atoms with Crippen molar-refractivity contribution in [2.45, 2.75) is 32.2 Å². The van der Waals surface area contributed by atoms with Gasteiger partial charge in [0.1, 0.15) is 12.6 Å². The minimum Gasteiger partial charge on any atom is -0.493 e. The molecule has 0 bridgehead atoms. The van der Waals surface area contributed by atoms with Crippen LogP contribution in [-0.2, 0) is 9.59 Å². The average molecular weight is 429 g/mol. The van der Waals surface area contributed by atoms with E-state index in [1.54, 1.807) is 29.2 Å². The molecule has 2 saturated heterocycles. The molecule has 1 atom stereocenters. The first-order chi connectivity index (χ1) is 14.4. The highest BCUT2D eigenvalue weighted by atomic mass is 32.2. The molecule has 0 saturated carbocycles. The number of ether oxygens (including phenoxy) is 2. The molecule has 2 fully saturated rings. The lowest BCUT2D eigenvalue weighted by Gasteiger charge is -2.34. The number of thioether (sulfide) groups is 1. The third-order valence-corrected chi connectivity index (χ3v) is 5.98. The van der Waals surface area contributed by atoms with Gasteiger partial charge in [-0.2, -0.15) is 5.26 Å². The van der Waals surface area contributed by atoms with Gasteiger partial charge in [-0.3, -0.25) is 19.3 Å². The van der Waals surface area contributed by atoms with Crippen molar-refractivity contribution in [2.24, 2.45) is 0 Å². The number of hydrogen-bond acceptors (Lipinski definition) is 7. The van der Waals surface area contributed by atoms with Gasteiger partial charge in [-0.05, 0) is 61.7 Å². The van der Waals surface area contributed by atoms with E-state index < -0.39 is 11.1 Å². The molecule has 0 unspecified atom stereocenters. The maximum Gasteiger partial charge on any atom is 0.294 e. The molecule has 3 rings (SSSR count). The van der Waals surface area contributed by atoms with Crippen molar-refractivity contribution in [3.8, 4) is 17.6 Å². The molecule has 2 aliphatic rings. The number of nitriles is 1. The van der Waals surface area contributed by atoms with Crippen molar-refractivity contribution in [3.63, 3.8) is 0 Å². The molecule has 0 radical (unpaired) electrons. The van der Waals surface area contributed by atoms with Gasteiger partial charge in [-0.25, -0.2) is 0 Å². The monoisotopic (exact) mass is 429 g/mol. The van der Waals surface area contributed by atoms with Crippen LogP contribution in [0.5, 0.6) is 11.5 Å². The number of nitrogens with zero attached hydrogens (tertiary/aromatic N) is 3. The predicted molar refractivity (Wildman–Crippen MR) is 112 cm³/mol. The zero-order valence-corrected chi connectivity index (χ0v) is 17.7. The van der Waals surface area contributed by atoms with Crippen molar-refractivity contribution in [1.29, 1.82) is 5.26 Å². The summed E-state index contributed by atoms with van der Waals surface area (Å²) in [5, 5.41) is 8.19. The zero-order chi connectivity index (χ0) is 21.7. The molecule has 2 heterocycles. The lowest BCUT2D eigenvalue weighted by molar-refractivity contribution is -0.138. The Morgan fingerprint density at radius 3 is 2.83 bits per heavy atom. The van der Waals surface area contributed by atoms with E-state index in [0.717, 1.165) is 35.9 Å². The Balaban J connectivity index is 1.73. The largest absolute Gasteiger partial charge is 0.493 e. The molecule has 0 aromatic heterocycles. The van der Waals surface area contributed by atoms with Crippen LogP contribution in [0, 0.1) is 11.3 Å². The number of imide groups is 1. The van der Waals surface area contributed by atoms with Gasteiger partial charge in [0.25, 0.3) is 11.1 Å². The fourth-order valence-electron chi connectivity index (χ4n) is 3.49. The Kier molecular flexibility index (Phi) is 7.00. The van der Waals surface area contributed by atoms with E-state index in [1.165, 1.54) is 7.11 Å². The van der Waals surface area contributed by atoms with Gasteiger partial charge in [0.15, 0.2) is 18.1 Å². The molecular weight excluding hydrogens is 406 g/mol. The van der Waals surface area contributed by atoms with Crippen LogP contribution in [0.15, 0.2) is 23.1 Å². The van der Waals surface area contributed by atoms with Crippen LogP contribution in [0.4, 0.5) is 4.79 Å². The number of amides is 3. The third kappa shape index (κ3) is 4.76. The first kappa shape index (κ1) is 21.7. The zero-order valence-electron chi connectivity index (χ0n) is 16.9. The summed E-state index contributed by atoms with van der Waals surface area (Å²) in [6.45, 7) is 2.29. The van der Waals surface area contributed by atoms with Gasteiger partial charge < -0.3 is 14.4 Å². The number of carbonyl (C=O) groups excluding carboxylic acids is 3. The summed E-state index contributed by atoms with van der Waals surface area (Å²) in [4.78, 5) is 40.7. The Morgan fingerprint density at radius 2 is 2.13 bits per heavy atom. The second-order valence-electron chi connectivity index (χ2n) is 7.06. The minimum absolute atomic E-state index is 0.113. The van der Waals surface area contributed by atoms with E-state index in [9.17, 15) is 14.4 Å². The molecule has 8 nitrogen and oxygen atoms in total. The highest BCUT2D eigenvalue weighted by Crippen LogP contribution is 2.34. The highest BCUT2D eigenvalue weighted by molar-refractivity contribution is 8.18. The van der Waals surface area contributed by atoms with E-state index in [2.05, 4.69) is 0 Å². The summed E-state index contributed by atoms with van der Waals surface area (Å²) in [5.41, 5.74) is 0.637. The number of benzene rings is 1. The second kappa shape index (κ2) is 9.67. The molecule has 1 aromatic carbocycles. The Bertz CT molecular complexity index is 924. The number of hydrogen-bond donors (Lipinski definition) is 0. The maximum atomic E-state index is 12.7. The summed E-state index contributed by atoms with van der Waals surface area (Å²) in [6, 6.07) is 6.99. The quantitative estimate of drug-likeness (QED) is 0.641. The summed E-state index contributed by atoms with van der Waals surface area (Å²) in [6.07, 6.45) is 4.53. The van der Waals surface area contributed by atoms with Crippen LogP contribution in [0.2, 0.25) is 0 Å². The summed E-state index contributed by atoms with van der Waals surface area (Å²) in [5.74, 6) is 0.135. The number of likely N-dealkylation sites (tertiary alicyclic amines) is 1. The van der Waals surface area contributed by atoms with Gasteiger partial charge >= 0.3 is 0 Å². The third-order valence-electron chi connectivity index (χ3n) is 5.07. The van der Waals surface area contributed by atoms with E-state index in [4.69, 9.17) is 14.7 Å². The first-order valence-electron chi connectivity index (χ1n) is 9.67. The van der Waals surface area contributed by atoms with Crippen molar-refractivity contribution >= 4 is 34.9 Å². The lowest BCUT2D eigenvalue weighted by atomic mass is 10.0. The van der Waals surface area contributed by atoms with Crippen LogP contribution in [0.25, 0.3) is 6.08 Å². The van der Waals surface area contributed by atoms with E-state index in [0.29, 0.717) is 23.6 Å². The molecule has 30 heavy (non-hydrogen) atoms. The predicted octanol–water partition coefficient (Wildman–Crippen LogP) is 3.03. The average Bonchev–Trinajstić information content (AvgIpc) is 3.00. The van der Waals surface area contributed by atoms with Crippen molar-refractivity contribution in [1.82, 2.24) is 9.80 Å². The minimum atomic E-state index is -0.480. The molecule has 0 N–H and O–H groups in total. The molecule has 3 amide bonds. The summed E-state index contributed by atoms with van der Waals surface area (Å²) in [7, 11) is 1.47. The standard InChI is InChI=1S/C21H23N3O5S/c1-14-5-3-4-9-23(14)19(25)13-24-20(26)18(30-21(24)27)12-15-6-7-16(29-10-8-22)17(11-15)28-2/h6-7,11-12,14H,3-5,9-10,13H2,1-2H3/b18-12-/t14-/m0/s1. The normalized spacial score (nSPS) is 20.4. The summed E-state index contributed by atoms with van der Waals surface area (Å²) >= 11 is 0.810. The maximum absolute atomic E-state index is 12.7. The van der Waals surface area contributed by atoms with Crippen molar-refractivity contribution in [2.75, 3.05) is 26.8 Å². The molecule has 9 heteroatoms. The molecule has 2 aliphatic heterocycles. The fraction of sp³-hybridized carbons (Fsp3) is 0.429. The SMILES string of the molecule is COc1cc(/C=C2\SC(=O)N(CC(=O)N3CCCC[C@@H]3C)C2=O)ccc1OCC#N. The van der Waals surface area contributed by atoms with Gasteiger partial charge in [0.2, 0.25) is 5.91 Å². The number of carbonyl (C=O) groups is 3. The van der Waals surface area contributed by atoms with Gasteiger partial charge in [-0.15, -0.1) is 0 Å². The van der Waals surface area contributed by atoms with Gasteiger partial charge in [-0.1, -0.05) is 6.07 Å².